The lowest BCUT2D eigenvalue weighted by Crippen LogP contribution is -2.35. The standard InChI is InChI=1S/C12H16ClN3O3S/c1-3-4-10(14)12(17)15-8-5-6-11(9(13)7-8)16-20(2,18)19/h3,5-7,10,16H,1,4,14H2,2H3,(H,15,17). The normalized spacial score (nSPS) is 12.6. The van der Waals surface area contributed by atoms with Crippen molar-refractivity contribution in [3.05, 3.63) is 35.9 Å². The Morgan fingerprint density at radius 3 is 2.70 bits per heavy atom. The molecule has 1 rings (SSSR count). The van der Waals surface area contributed by atoms with Crippen LogP contribution >= 0.6 is 11.6 Å². The largest absolute Gasteiger partial charge is 0.325 e. The Morgan fingerprint density at radius 1 is 1.55 bits per heavy atom. The third-order valence-electron chi connectivity index (χ3n) is 2.29. The molecule has 110 valence electrons. The summed E-state index contributed by atoms with van der Waals surface area (Å²) >= 11 is 5.93. The van der Waals surface area contributed by atoms with Gasteiger partial charge in [-0.3, -0.25) is 9.52 Å². The number of carbonyl (C=O) groups excluding carboxylic acids is 1. The Kier molecular flexibility index (Phi) is 5.55. The molecule has 0 heterocycles. The van der Waals surface area contributed by atoms with Crippen LogP contribution in [0.1, 0.15) is 6.42 Å². The molecule has 0 aliphatic heterocycles. The Balaban J connectivity index is 2.82. The van der Waals surface area contributed by atoms with Crippen LogP contribution in [0.4, 0.5) is 11.4 Å². The van der Waals surface area contributed by atoms with Gasteiger partial charge >= 0.3 is 0 Å². The molecule has 0 saturated heterocycles. The molecule has 0 aromatic heterocycles. The van der Waals surface area contributed by atoms with Crippen LogP contribution < -0.4 is 15.8 Å². The summed E-state index contributed by atoms with van der Waals surface area (Å²) in [6.45, 7) is 3.50. The van der Waals surface area contributed by atoms with Crippen LogP contribution in [0, 0.1) is 0 Å². The first-order valence-corrected chi connectivity index (χ1v) is 7.94. The first kappa shape index (κ1) is 16.5. The van der Waals surface area contributed by atoms with Gasteiger partial charge in [0, 0.05) is 5.69 Å². The smallest absolute Gasteiger partial charge is 0.241 e. The van der Waals surface area contributed by atoms with Crippen molar-refractivity contribution in [2.75, 3.05) is 16.3 Å². The van der Waals surface area contributed by atoms with E-state index in [1.807, 2.05) is 0 Å². The quantitative estimate of drug-likeness (QED) is 0.693. The molecule has 0 fully saturated rings. The highest BCUT2D eigenvalue weighted by molar-refractivity contribution is 7.92. The minimum absolute atomic E-state index is 0.172. The summed E-state index contributed by atoms with van der Waals surface area (Å²) < 4.78 is 24.5. The first-order valence-electron chi connectivity index (χ1n) is 5.67. The van der Waals surface area contributed by atoms with Crippen LogP contribution in [-0.2, 0) is 14.8 Å². The molecule has 4 N–H and O–H groups in total. The number of sulfonamides is 1. The zero-order valence-electron chi connectivity index (χ0n) is 10.9. The van der Waals surface area contributed by atoms with Crippen LogP contribution in [-0.4, -0.2) is 26.6 Å². The van der Waals surface area contributed by atoms with Crippen LogP contribution in [0.25, 0.3) is 0 Å². The molecule has 1 atom stereocenters. The van der Waals surface area contributed by atoms with Gasteiger partial charge in [-0.2, -0.15) is 0 Å². The predicted molar refractivity (Wildman–Crippen MR) is 81.3 cm³/mol. The Bertz CT molecular complexity index is 616. The van der Waals surface area contributed by atoms with Gasteiger partial charge in [-0.05, 0) is 24.6 Å². The second-order valence-corrected chi connectivity index (χ2v) is 6.34. The summed E-state index contributed by atoms with van der Waals surface area (Å²) in [5.74, 6) is -0.371. The van der Waals surface area contributed by atoms with Crippen molar-refractivity contribution in [3.63, 3.8) is 0 Å². The zero-order valence-corrected chi connectivity index (χ0v) is 12.5. The minimum Gasteiger partial charge on any atom is -0.325 e. The molecule has 0 saturated carbocycles. The summed E-state index contributed by atoms with van der Waals surface area (Å²) in [5, 5.41) is 2.76. The summed E-state index contributed by atoms with van der Waals surface area (Å²) in [4.78, 5) is 11.7. The van der Waals surface area contributed by atoms with E-state index in [1.165, 1.54) is 18.2 Å². The van der Waals surface area contributed by atoms with Crippen molar-refractivity contribution in [1.82, 2.24) is 0 Å². The molecule has 0 aliphatic rings. The third-order valence-corrected chi connectivity index (χ3v) is 3.19. The lowest BCUT2D eigenvalue weighted by molar-refractivity contribution is -0.117. The van der Waals surface area contributed by atoms with E-state index in [0.29, 0.717) is 12.1 Å². The molecule has 1 unspecified atom stereocenters. The SMILES string of the molecule is C=CCC(N)C(=O)Nc1ccc(NS(C)(=O)=O)c(Cl)c1. The third kappa shape index (κ3) is 5.20. The topological polar surface area (TPSA) is 101 Å². The summed E-state index contributed by atoms with van der Waals surface area (Å²) in [7, 11) is -3.41. The van der Waals surface area contributed by atoms with Crippen molar-refractivity contribution < 1.29 is 13.2 Å². The number of halogens is 1. The van der Waals surface area contributed by atoms with Gasteiger partial charge in [0.05, 0.1) is 23.0 Å². The second-order valence-electron chi connectivity index (χ2n) is 4.19. The number of carbonyl (C=O) groups is 1. The number of hydrogen-bond acceptors (Lipinski definition) is 4. The van der Waals surface area contributed by atoms with E-state index in [-0.39, 0.29) is 16.6 Å². The Hall–Kier alpha value is -1.57. The number of amides is 1. The number of nitrogens with two attached hydrogens (primary N) is 1. The van der Waals surface area contributed by atoms with Crippen LogP contribution in [0.5, 0.6) is 0 Å². The molecular formula is C12H16ClN3O3S. The van der Waals surface area contributed by atoms with Gasteiger partial charge in [-0.1, -0.05) is 17.7 Å². The molecule has 20 heavy (non-hydrogen) atoms. The maximum atomic E-state index is 11.7. The molecule has 6 nitrogen and oxygen atoms in total. The van der Waals surface area contributed by atoms with Gasteiger partial charge in [0.15, 0.2) is 0 Å². The summed E-state index contributed by atoms with van der Waals surface area (Å²) in [5.41, 5.74) is 6.29. The average molecular weight is 318 g/mol. The monoisotopic (exact) mass is 317 g/mol. The molecule has 1 aromatic rings. The highest BCUT2D eigenvalue weighted by atomic mass is 35.5. The number of anilines is 2. The first-order chi connectivity index (χ1) is 9.23. The van der Waals surface area contributed by atoms with E-state index in [9.17, 15) is 13.2 Å². The molecule has 1 amide bonds. The van der Waals surface area contributed by atoms with Gasteiger partial charge in [0.25, 0.3) is 0 Å². The average Bonchev–Trinajstić information content (AvgIpc) is 2.31. The maximum absolute atomic E-state index is 11.7. The fourth-order valence-corrected chi connectivity index (χ4v) is 2.26. The molecule has 0 radical (unpaired) electrons. The molecule has 0 bridgehead atoms. The highest BCUT2D eigenvalue weighted by Gasteiger charge is 2.13. The Morgan fingerprint density at radius 2 is 2.20 bits per heavy atom. The lowest BCUT2D eigenvalue weighted by atomic mass is 10.2. The Labute approximate surface area is 123 Å². The number of hydrogen-bond donors (Lipinski definition) is 3. The lowest BCUT2D eigenvalue weighted by Gasteiger charge is -2.12. The fraction of sp³-hybridized carbons (Fsp3) is 0.250. The fourth-order valence-electron chi connectivity index (χ4n) is 1.40. The van der Waals surface area contributed by atoms with Crippen LogP contribution in [0.3, 0.4) is 0 Å². The van der Waals surface area contributed by atoms with Crippen molar-refractivity contribution in [2.24, 2.45) is 5.73 Å². The molecule has 8 heteroatoms. The van der Waals surface area contributed by atoms with Crippen LogP contribution in [0.15, 0.2) is 30.9 Å². The van der Waals surface area contributed by atoms with E-state index in [4.69, 9.17) is 17.3 Å². The van der Waals surface area contributed by atoms with Crippen molar-refractivity contribution in [3.8, 4) is 0 Å². The molecule has 1 aromatic carbocycles. The van der Waals surface area contributed by atoms with Crippen molar-refractivity contribution in [2.45, 2.75) is 12.5 Å². The van der Waals surface area contributed by atoms with Gasteiger partial charge in [-0.25, -0.2) is 8.42 Å². The summed E-state index contributed by atoms with van der Waals surface area (Å²) in [6, 6.07) is 3.73. The zero-order chi connectivity index (χ0) is 15.3. The van der Waals surface area contributed by atoms with Crippen molar-refractivity contribution in [1.29, 1.82) is 0 Å². The van der Waals surface area contributed by atoms with E-state index in [2.05, 4.69) is 16.6 Å². The number of nitrogens with one attached hydrogen (secondary N) is 2. The van der Waals surface area contributed by atoms with E-state index in [0.717, 1.165) is 6.26 Å². The number of rotatable bonds is 6. The van der Waals surface area contributed by atoms with Gasteiger partial charge in [0.2, 0.25) is 15.9 Å². The van der Waals surface area contributed by atoms with Gasteiger partial charge < -0.3 is 11.1 Å². The maximum Gasteiger partial charge on any atom is 0.241 e. The summed E-state index contributed by atoms with van der Waals surface area (Å²) in [6.07, 6.45) is 2.93. The number of benzene rings is 1. The van der Waals surface area contributed by atoms with E-state index >= 15 is 0 Å². The molecular weight excluding hydrogens is 302 g/mol. The second kappa shape index (κ2) is 6.74. The highest BCUT2D eigenvalue weighted by Crippen LogP contribution is 2.26. The molecule has 0 spiro atoms. The van der Waals surface area contributed by atoms with E-state index < -0.39 is 16.1 Å². The minimum atomic E-state index is -3.41. The van der Waals surface area contributed by atoms with Gasteiger partial charge in [0.1, 0.15) is 0 Å². The molecule has 0 aliphatic carbocycles. The predicted octanol–water partition coefficient (Wildman–Crippen LogP) is 1.55. The van der Waals surface area contributed by atoms with Crippen molar-refractivity contribution >= 4 is 38.9 Å². The van der Waals surface area contributed by atoms with E-state index in [1.54, 1.807) is 6.08 Å². The van der Waals surface area contributed by atoms with Gasteiger partial charge in [-0.15, -0.1) is 6.58 Å². The van der Waals surface area contributed by atoms with Crippen LogP contribution in [0.2, 0.25) is 5.02 Å².